The van der Waals surface area contributed by atoms with Gasteiger partial charge in [-0.15, -0.1) is 0 Å². The van der Waals surface area contributed by atoms with E-state index in [0.29, 0.717) is 0 Å². The number of para-hydroxylation sites is 1. The third kappa shape index (κ3) is 7.10. The highest BCUT2D eigenvalue weighted by molar-refractivity contribution is 7.89. The Kier molecular flexibility index (Phi) is 7.03. The maximum Gasteiger partial charge on any atom is 0.223 e. The molecule has 0 aromatic heterocycles. The van der Waals surface area contributed by atoms with Crippen LogP contribution in [0, 0.1) is 0 Å². The van der Waals surface area contributed by atoms with Gasteiger partial charge in [0.05, 0.1) is 18.8 Å². The zero-order valence-electron chi connectivity index (χ0n) is 11.5. The molecule has 1 aromatic rings. The normalized spacial score (nSPS) is 11.1. The average molecular weight is 300 g/mol. The van der Waals surface area contributed by atoms with Crippen molar-refractivity contribution in [2.75, 3.05) is 25.4 Å². The Morgan fingerprint density at radius 1 is 1.20 bits per heavy atom. The van der Waals surface area contributed by atoms with Crippen molar-refractivity contribution in [1.82, 2.24) is 10.0 Å². The van der Waals surface area contributed by atoms with Gasteiger partial charge in [-0.2, -0.15) is 0 Å². The molecule has 0 fully saturated rings. The first-order chi connectivity index (χ1) is 9.53. The van der Waals surface area contributed by atoms with Gasteiger partial charge >= 0.3 is 0 Å². The van der Waals surface area contributed by atoms with Crippen LogP contribution < -0.4 is 14.8 Å². The summed E-state index contributed by atoms with van der Waals surface area (Å²) in [5.74, 6) is 0.582. The van der Waals surface area contributed by atoms with Crippen LogP contribution in [0.1, 0.15) is 13.3 Å². The minimum Gasteiger partial charge on any atom is -0.493 e. The lowest BCUT2D eigenvalue weighted by atomic mass is 10.3. The van der Waals surface area contributed by atoms with Crippen molar-refractivity contribution in [3.8, 4) is 5.75 Å². The van der Waals surface area contributed by atoms with Crippen LogP contribution in [-0.4, -0.2) is 39.8 Å². The third-order valence-electron chi connectivity index (χ3n) is 2.49. The Balaban J connectivity index is 2.09. The smallest absolute Gasteiger partial charge is 0.223 e. The van der Waals surface area contributed by atoms with E-state index in [0.717, 1.165) is 5.75 Å². The quantitative estimate of drug-likeness (QED) is 0.651. The SMILES string of the molecule is CCS(=O)(=O)NCCNC(=O)CCOc1ccccc1. The van der Waals surface area contributed by atoms with E-state index in [9.17, 15) is 13.2 Å². The van der Waals surface area contributed by atoms with E-state index in [1.807, 2.05) is 30.3 Å². The monoisotopic (exact) mass is 300 g/mol. The van der Waals surface area contributed by atoms with Gasteiger partial charge in [-0.1, -0.05) is 18.2 Å². The molecule has 2 N–H and O–H groups in total. The summed E-state index contributed by atoms with van der Waals surface area (Å²) in [6.07, 6.45) is 0.232. The Morgan fingerprint density at radius 3 is 2.55 bits per heavy atom. The lowest BCUT2D eigenvalue weighted by Crippen LogP contribution is -2.35. The molecule has 6 nitrogen and oxygen atoms in total. The Morgan fingerprint density at radius 2 is 1.90 bits per heavy atom. The van der Waals surface area contributed by atoms with E-state index >= 15 is 0 Å². The van der Waals surface area contributed by atoms with Crippen LogP contribution in [0.3, 0.4) is 0 Å². The molecule has 0 aliphatic rings. The highest BCUT2D eigenvalue weighted by Gasteiger charge is 2.06. The van der Waals surface area contributed by atoms with E-state index in [2.05, 4.69) is 10.0 Å². The Labute approximate surface area is 119 Å². The topological polar surface area (TPSA) is 84.5 Å². The van der Waals surface area contributed by atoms with Crippen molar-refractivity contribution < 1.29 is 17.9 Å². The molecule has 0 saturated heterocycles. The molecule has 1 amide bonds. The fourth-order valence-corrected chi connectivity index (χ4v) is 1.99. The van der Waals surface area contributed by atoms with Crippen molar-refractivity contribution in [3.63, 3.8) is 0 Å². The van der Waals surface area contributed by atoms with Crippen molar-refractivity contribution in [2.24, 2.45) is 0 Å². The largest absolute Gasteiger partial charge is 0.493 e. The average Bonchev–Trinajstić information content (AvgIpc) is 2.45. The summed E-state index contributed by atoms with van der Waals surface area (Å²) >= 11 is 0. The van der Waals surface area contributed by atoms with Crippen molar-refractivity contribution in [1.29, 1.82) is 0 Å². The highest BCUT2D eigenvalue weighted by Crippen LogP contribution is 2.08. The molecule has 0 unspecified atom stereocenters. The standard InChI is InChI=1S/C13H20N2O4S/c1-2-20(17,18)15-10-9-14-13(16)8-11-19-12-6-4-3-5-7-12/h3-7,15H,2,8-11H2,1H3,(H,14,16). The first-order valence-corrected chi connectivity index (χ1v) is 8.10. The fourth-order valence-electron chi connectivity index (χ4n) is 1.38. The number of amides is 1. The second-order valence-electron chi connectivity index (χ2n) is 4.06. The lowest BCUT2D eigenvalue weighted by Gasteiger charge is -2.08. The van der Waals surface area contributed by atoms with Crippen molar-refractivity contribution >= 4 is 15.9 Å². The Hall–Kier alpha value is -1.60. The third-order valence-corrected chi connectivity index (χ3v) is 3.89. The first-order valence-electron chi connectivity index (χ1n) is 6.45. The van der Waals surface area contributed by atoms with E-state index < -0.39 is 10.0 Å². The predicted molar refractivity (Wildman–Crippen MR) is 77.0 cm³/mol. The van der Waals surface area contributed by atoms with Gasteiger partial charge in [-0.05, 0) is 19.1 Å². The molecule has 0 atom stereocenters. The van der Waals surface area contributed by atoms with E-state index in [1.54, 1.807) is 6.92 Å². The van der Waals surface area contributed by atoms with E-state index in [1.165, 1.54) is 0 Å². The number of hydrogen-bond donors (Lipinski definition) is 2. The first kappa shape index (κ1) is 16.5. The number of rotatable bonds is 9. The minimum absolute atomic E-state index is 0.0336. The van der Waals surface area contributed by atoms with Gasteiger partial charge in [0.2, 0.25) is 15.9 Å². The number of benzene rings is 1. The van der Waals surface area contributed by atoms with Crippen LogP contribution in [-0.2, 0) is 14.8 Å². The van der Waals surface area contributed by atoms with Gasteiger partial charge in [0.25, 0.3) is 0 Å². The summed E-state index contributed by atoms with van der Waals surface area (Å²) in [6, 6.07) is 9.23. The Bertz CT molecular complexity index is 502. The summed E-state index contributed by atoms with van der Waals surface area (Å²) in [5, 5.41) is 2.62. The molecule has 1 aromatic carbocycles. The number of nitrogens with one attached hydrogen (secondary N) is 2. The molecule has 7 heteroatoms. The van der Waals surface area contributed by atoms with Crippen molar-refractivity contribution in [3.05, 3.63) is 30.3 Å². The van der Waals surface area contributed by atoms with Gasteiger partial charge in [-0.3, -0.25) is 4.79 Å². The van der Waals surface area contributed by atoms with E-state index in [4.69, 9.17) is 4.74 Å². The van der Waals surface area contributed by atoms with Gasteiger partial charge in [0.15, 0.2) is 0 Å². The maximum absolute atomic E-state index is 11.5. The number of carbonyl (C=O) groups excluding carboxylic acids is 1. The van der Waals surface area contributed by atoms with E-state index in [-0.39, 0.29) is 37.8 Å². The second kappa shape index (κ2) is 8.55. The van der Waals surface area contributed by atoms with Gasteiger partial charge in [0.1, 0.15) is 5.75 Å². The zero-order valence-corrected chi connectivity index (χ0v) is 12.3. The van der Waals surface area contributed by atoms with Crippen molar-refractivity contribution in [2.45, 2.75) is 13.3 Å². The number of ether oxygens (including phenoxy) is 1. The molecule has 0 radical (unpaired) electrons. The molecule has 20 heavy (non-hydrogen) atoms. The van der Waals surface area contributed by atoms with Gasteiger partial charge in [0, 0.05) is 13.1 Å². The molecular formula is C13H20N2O4S. The van der Waals surface area contributed by atoms with Gasteiger partial charge in [-0.25, -0.2) is 13.1 Å². The molecule has 0 saturated carbocycles. The minimum atomic E-state index is -3.20. The van der Waals surface area contributed by atoms with Crippen LogP contribution >= 0.6 is 0 Å². The molecule has 0 aliphatic carbocycles. The molecule has 0 bridgehead atoms. The van der Waals surface area contributed by atoms with Crippen LogP contribution in [0.5, 0.6) is 5.75 Å². The maximum atomic E-state index is 11.5. The fraction of sp³-hybridized carbons (Fsp3) is 0.462. The summed E-state index contributed by atoms with van der Waals surface area (Å²) in [6.45, 7) is 2.31. The lowest BCUT2D eigenvalue weighted by molar-refractivity contribution is -0.121. The highest BCUT2D eigenvalue weighted by atomic mass is 32.2. The summed E-state index contributed by atoms with van der Waals surface area (Å²) in [4.78, 5) is 11.5. The summed E-state index contributed by atoms with van der Waals surface area (Å²) in [7, 11) is -3.20. The number of hydrogen-bond acceptors (Lipinski definition) is 4. The molecule has 0 spiro atoms. The molecule has 1 rings (SSSR count). The van der Waals surface area contributed by atoms with Crippen LogP contribution in [0.25, 0.3) is 0 Å². The summed E-state index contributed by atoms with van der Waals surface area (Å²) < 4.78 is 30.0. The second-order valence-corrected chi connectivity index (χ2v) is 6.15. The molecule has 0 aliphatic heterocycles. The van der Waals surface area contributed by atoms with Crippen LogP contribution in [0.15, 0.2) is 30.3 Å². The number of sulfonamides is 1. The summed E-state index contributed by atoms with van der Waals surface area (Å²) in [5.41, 5.74) is 0. The van der Waals surface area contributed by atoms with Crippen LogP contribution in [0.4, 0.5) is 0 Å². The molecule has 0 heterocycles. The van der Waals surface area contributed by atoms with Crippen LogP contribution in [0.2, 0.25) is 0 Å². The number of carbonyl (C=O) groups is 1. The molecular weight excluding hydrogens is 280 g/mol. The predicted octanol–water partition coefficient (Wildman–Crippen LogP) is 0.511. The van der Waals surface area contributed by atoms with Gasteiger partial charge < -0.3 is 10.1 Å². The zero-order chi connectivity index (χ0) is 14.8. The molecule has 112 valence electrons.